The van der Waals surface area contributed by atoms with Gasteiger partial charge in [0.05, 0.1) is 0 Å². The second-order valence-electron chi connectivity index (χ2n) is 8.64. The van der Waals surface area contributed by atoms with E-state index in [0.717, 1.165) is 30.8 Å². The van der Waals surface area contributed by atoms with Gasteiger partial charge in [0.2, 0.25) is 0 Å². The first-order valence-corrected chi connectivity index (χ1v) is 16.7. The molecule has 2 atom stereocenters. The Morgan fingerprint density at radius 1 is 1.31 bits per heavy atom. The average Bonchev–Trinajstić information content (AvgIpc) is 3.49. The molecule has 0 aliphatic carbocycles. The van der Waals surface area contributed by atoms with Crippen LogP contribution in [-0.4, -0.2) is 58.6 Å². The van der Waals surface area contributed by atoms with Gasteiger partial charge in [-0.2, -0.15) is 0 Å². The van der Waals surface area contributed by atoms with Crippen molar-refractivity contribution >= 4 is 84.8 Å². The number of nitrogens with zero attached hydrogens (tertiary/aromatic N) is 2. The van der Waals surface area contributed by atoms with Gasteiger partial charge in [0.25, 0.3) is 0 Å². The van der Waals surface area contributed by atoms with Crippen molar-refractivity contribution in [3.05, 3.63) is 44.7 Å². The third-order valence-electron chi connectivity index (χ3n) is 6.41. The molecule has 1 saturated heterocycles. The second kappa shape index (κ2) is 8.93. The number of aromatic nitrogens is 1. The molecule has 1 spiro atoms. The number of hydrogen-bond acceptors (Lipinski definition) is 8. The summed E-state index contributed by atoms with van der Waals surface area (Å²) in [6.07, 6.45) is 4.51. The van der Waals surface area contributed by atoms with Crippen LogP contribution in [-0.2, 0) is 26.8 Å². The Labute approximate surface area is 218 Å². The Hall–Kier alpha value is -1.28. The van der Waals surface area contributed by atoms with Crippen LogP contribution in [0.25, 0.3) is 16.5 Å². The van der Waals surface area contributed by atoms with Crippen molar-refractivity contribution in [3.63, 3.8) is 0 Å². The molecule has 2 aliphatic heterocycles. The molecule has 4 heterocycles. The molecule has 2 aliphatic rings. The summed E-state index contributed by atoms with van der Waals surface area (Å²) in [6, 6.07) is 5.42. The van der Waals surface area contributed by atoms with Crippen LogP contribution in [0.15, 0.2) is 33.5 Å². The zero-order valence-corrected chi connectivity index (χ0v) is 23.4. The van der Waals surface area contributed by atoms with E-state index in [9.17, 15) is 25.9 Å². The number of quaternary nitrogens is 1. The first-order valence-electron chi connectivity index (χ1n) is 10.8. The van der Waals surface area contributed by atoms with Gasteiger partial charge in [-0.15, -0.1) is 0 Å². The van der Waals surface area contributed by atoms with E-state index in [2.05, 4.69) is 0 Å². The number of furan rings is 1. The van der Waals surface area contributed by atoms with Crippen LogP contribution in [0, 0.1) is 6.92 Å². The number of benzene rings is 1. The number of fused-ring (bicyclic) bond motifs is 3. The topological polar surface area (TPSA) is 131 Å². The summed E-state index contributed by atoms with van der Waals surface area (Å²) >= 11 is 7.39. The Bertz CT molecular complexity index is 1580. The zero-order chi connectivity index (χ0) is 25.2. The predicted molar refractivity (Wildman–Crippen MR) is 132 cm³/mol. The van der Waals surface area contributed by atoms with Crippen molar-refractivity contribution in [1.82, 2.24) is 4.48 Å². The van der Waals surface area contributed by atoms with Gasteiger partial charge < -0.3 is 0 Å². The SMILES string of the molecule is Cc1coc2sc(C=C3[Se]c4ccc(Cl)cc4[N+]34CCCC4S(=O)(=O)[O-])[n+](CCCS(=O)(=O)[O-])c12. The molecular formula is C21H21ClN2O7S3Se. The molecule has 3 aromatic rings. The molecule has 2 aromatic heterocycles. The van der Waals surface area contributed by atoms with E-state index < -0.39 is 31.4 Å². The Morgan fingerprint density at radius 2 is 2.09 bits per heavy atom. The van der Waals surface area contributed by atoms with Crippen LogP contribution < -0.4 is 13.5 Å². The first kappa shape index (κ1) is 25.4. The monoisotopic (exact) mass is 624 g/mol. The van der Waals surface area contributed by atoms with E-state index in [-0.39, 0.29) is 38.8 Å². The molecule has 188 valence electrons. The summed E-state index contributed by atoms with van der Waals surface area (Å²) < 4.78 is 80.1. The summed E-state index contributed by atoms with van der Waals surface area (Å²) in [5.74, 6) is -0.491. The number of halogens is 1. The van der Waals surface area contributed by atoms with Crippen molar-refractivity contribution in [2.24, 2.45) is 0 Å². The van der Waals surface area contributed by atoms with Crippen LogP contribution in [0.4, 0.5) is 5.69 Å². The molecule has 0 bridgehead atoms. The van der Waals surface area contributed by atoms with Crippen LogP contribution in [0.3, 0.4) is 0 Å². The zero-order valence-electron chi connectivity index (χ0n) is 18.5. The fourth-order valence-electron chi connectivity index (χ4n) is 5.02. The van der Waals surface area contributed by atoms with Crippen LogP contribution in [0.2, 0.25) is 5.02 Å². The summed E-state index contributed by atoms with van der Waals surface area (Å²) in [5, 5.41) is 0.0810. The van der Waals surface area contributed by atoms with E-state index >= 15 is 0 Å². The second-order valence-corrected chi connectivity index (χ2v) is 15.4. The number of thiazole rings is 1. The van der Waals surface area contributed by atoms with Gasteiger partial charge in [-0.1, -0.05) is 0 Å². The predicted octanol–water partition coefficient (Wildman–Crippen LogP) is 1.99. The van der Waals surface area contributed by atoms with Crippen molar-refractivity contribution in [2.45, 2.75) is 38.1 Å². The van der Waals surface area contributed by atoms with Gasteiger partial charge in [0, 0.05) is 0 Å². The minimum atomic E-state index is -4.61. The maximum atomic E-state index is 12.4. The van der Waals surface area contributed by atoms with E-state index in [4.69, 9.17) is 16.0 Å². The van der Waals surface area contributed by atoms with E-state index in [1.54, 1.807) is 18.4 Å². The van der Waals surface area contributed by atoms with Crippen molar-refractivity contribution in [2.75, 3.05) is 12.3 Å². The number of hydrogen-bond donors (Lipinski definition) is 0. The third kappa shape index (κ3) is 4.51. The molecule has 0 N–H and O–H groups in total. The minimum absolute atomic E-state index is 0.0467. The number of aryl methyl sites for hydroxylation is 2. The molecule has 0 radical (unpaired) electrons. The first-order chi connectivity index (χ1) is 16.4. The van der Waals surface area contributed by atoms with Crippen molar-refractivity contribution in [1.29, 1.82) is 0 Å². The van der Waals surface area contributed by atoms with Crippen molar-refractivity contribution in [3.8, 4) is 0 Å². The fraction of sp³-hybridized carbons (Fsp3) is 0.381. The maximum absolute atomic E-state index is 12.4. The van der Waals surface area contributed by atoms with Gasteiger partial charge in [-0.25, -0.2) is 0 Å². The normalized spacial score (nSPS) is 23.7. The van der Waals surface area contributed by atoms with E-state index in [1.807, 2.05) is 23.6 Å². The molecule has 5 rings (SSSR count). The summed E-state index contributed by atoms with van der Waals surface area (Å²) in [6.45, 7) is 2.63. The van der Waals surface area contributed by atoms with Gasteiger partial charge in [-0.05, 0) is 0 Å². The molecule has 0 amide bonds. The number of rotatable bonds is 6. The Balaban J connectivity index is 1.67. The summed E-state index contributed by atoms with van der Waals surface area (Å²) in [4.78, 5) is 0.645. The van der Waals surface area contributed by atoms with Gasteiger partial charge in [0.15, 0.2) is 0 Å². The molecule has 9 nitrogen and oxygen atoms in total. The van der Waals surface area contributed by atoms with Crippen LogP contribution in [0.1, 0.15) is 29.8 Å². The van der Waals surface area contributed by atoms with Crippen LogP contribution in [0.5, 0.6) is 0 Å². The molecule has 0 saturated carbocycles. The van der Waals surface area contributed by atoms with E-state index in [1.165, 1.54) is 11.3 Å². The molecule has 1 fully saturated rings. The fourth-order valence-corrected chi connectivity index (χ4v) is 11.1. The van der Waals surface area contributed by atoms with Crippen LogP contribution >= 0.6 is 22.9 Å². The van der Waals surface area contributed by atoms with E-state index in [0.29, 0.717) is 22.9 Å². The molecule has 1 aromatic carbocycles. The van der Waals surface area contributed by atoms with Crippen molar-refractivity contribution < 1.29 is 34.9 Å². The van der Waals surface area contributed by atoms with Gasteiger partial charge >= 0.3 is 219 Å². The molecule has 35 heavy (non-hydrogen) atoms. The average molecular weight is 624 g/mol. The van der Waals surface area contributed by atoms with Gasteiger partial charge in [-0.3, -0.25) is 0 Å². The molecule has 2 unspecified atom stereocenters. The molecule has 14 heteroatoms. The summed E-state index contributed by atoms with van der Waals surface area (Å²) in [5.41, 5.74) is 2.42. The summed E-state index contributed by atoms with van der Waals surface area (Å²) in [7, 11) is -8.97. The molecular weight excluding hydrogens is 603 g/mol. The van der Waals surface area contributed by atoms with Gasteiger partial charge in [0.1, 0.15) is 0 Å². The Kier molecular flexibility index (Phi) is 6.47. The quantitative estimate of drug-likeness (QED) is 0.178. The Morgan fingerprint density at radius 3 is 2.80 bits per heavy atom. The standard InChI is InChI=1S/C21H21ClN2O7S3Se/c1-13-12-31-21-20(13)23(7-3-9-33(25,26)27)17(32-21)11-19-24(8-2-4-18(24)34(28,29)30)15-10-14(22)5-6-16(15)35-19/h5-6,10-12,18H,2-4,7-9H2,1H3. The third-order valence-corrected chi connectivity index (χ3v) is 12.3.